The van der Waals surface area contributed by atoms with Gasteiger partial charge in [0.2, 0.25) is 0 Å². The smallest absolute Gasteiger partial charge is 0.139 e. The summed E-state index contributed by atoms with van der Waals surface area (Å²) in [5.74, 6) is 2.24. The lowest BCUT2D eigenvalue weighted by Crippen LogP contribution is -2.44. The summed E-state index contributed by atoms with van der Waals surface area (Å²) in [5.41, 5.74) is 11.7. The average Bonchev–Trinajstić information content (AvgIpc) is 3.82. The number of aliphatic imine (C=N–C) groups is 1. The lowest BCUT2D eigenvalue weighted by atomic mass is 9.83. The number of nitrogens with one attached hydrogen (secondary N) is 2. The van der Waals surface area contributed by atoms with Gasteiger partial charge in [-0.3, -0.25) is 5.32 Å². The first kappa shape index (κ1) is 32.7. The molecule has 2 aliphatic carbocycles. The third-order valence-corrected chi connectivity index (χ3v) is 11.8. The second-order valence-corrected chi connectivity index (χ2v) is 15.1. The zero-order valence-electron chi connectivity index (χ0n) is 30.8. The van der Waals surface area contributed by atoms with E-state index in [9.17, 15) is 0 Å². The van der Waals surface area contributed by atoms with Crippen LogP contribution in [-0.2, 0) is 6.42 Å². The van der Waals surface area contributed by atoms with E-state index in [1.807, 2.05) is 6.07 Å². The number of allylic oxidation sites excluding steroid dienone is 6. The van der Waals surface area contributed by atoms with Crippen LogP contribution in [0.4, 0.5) is 0 Å². The van der Waals surface area contributed by atoms with Gasteiger partial charge in [-0.2, -0.15) is 0 Å². The Kier molecular flexibility index (Phi) is 7.92. The minimum atomic E-state index is -0.260. The van der Waals surface area contributed by atoms with Crippen molar-refractivity contribution in [2.45, 2.75) is 37.1 Å². The normalized spacial score (nSPS) is 20.7. The van der Waals surface area contributed by atoms with Gasteiger partial charge in [0.05, 0.1) is 11.6 Å². The fraction of sp³-hybridized carbons (Fsp3) is 0.118. The predicted molar refractivity (Wildman–Crippen MR) is 229 cm³/mol. The molecule has 270 valence electrons. The molecule has 0 radical (unpaired) electrons. The summed E-state index contributed by atoms with van der Waals surface area (Å²) in [6.07, 6.45) is 11.0. The van der Waals surface area contributed by atoms with Crippen LogP contribution in [-0.4, -0.2) is 10.4 Å². The number of benzene rings is 6. The van der Waals surface area contributed by atoms with E-state index in [2.05, 4.69) is 191 Å². The summed E-state index contributed by atoms with van der Waals surface area (Å²) < 4.78 is 9.28. The van der Waals surface area contributed by atoms with Crippen LogP contribution in [0.2, 0.25) is 0 Å². The summed E-state index contributed by atoms with van der Waals surface area (Å²) in [4.78, 5) is 5.30. The molecule has 5 heteroatoms. The van der Waals surface area contributed by atoms with Crippen LogP contribution in [0.15, 0.2) is 197 Å². The molecule has 56 heavy (non-hydrogen) atoms. The quantitative estimate of drug-likeness (QED) is 0.180. The van der Waals surface area contributed by atoms with E-state index < -0.39 is 0 Å². The number of hydrogen-bond donors (Lipinski definition) is 2. The number of para-hydroxylation sites is 2. The van der Waals surface area contributed by atoms with Gasteiger partial charge in [-0.15, -0.1) is 0 Å². The summed E-state index contributed by atoms with van der Waals surface area (Å²) in [6, 6.07) is 56.1. The Morgan fingerprint density at radius 2 is 1.34 bits per heavy atom. The Morgan fingerprint density at radius 3 is 2.12 bits per heavy atom. The largest absolute Gasteiger partial charge is 0.456 e. The van der Waals surface area contributed by atoms with Gasteiger partial charge in [0.25, 0.3) is 0 Å². The maximum atomic E-state index is 6.72. The number of hydrogen-bond acceptors (Lipinski definition) is 4. The summed E-state index contributed by atoms with van der Waals surface area (Å²) >= 11 is 0. The lowest BCUT2D eigenvalue weighted by molar-refractivity contribution is 0.409. The molecule has 0 bridgehead atoms. The monoisotopic (exact) mass is 724 g/mol. The van der Waals surface area contributed by atoms with Crippen LogP contribution >= 0.6 is 0 Å². The molecular formula is C51H40N4O. The van der Waals surface area contributed by atoms with E-state index in [1.54, 1.807) is 0 Å². The van der Waals surface area contributed by atoms with Crippen molar-refractivity contribution in [1.82, 2.24) is 15.2 Å². The summed E-state index contributed by atoms with van der Waals surface area (Å²) in [6.45, 7) is 0. The van der Waals surface area contributed by atoms with Crippen LogP contribution in [0, 0.1) is 0 Å². The highest BCUT2D eigenvalue weighted by Crippen LogP contribution is 2.45. The molecule has 2 N–H and O–H groups in total. The molecule has 11 rings (SSSR count). The van der Waals surface area contributed by atoms with Crippen molar-refractivity contribution in [3.63, 3.8) is 0 Å². The van der Waals surface area contributed by atoms with Gasteiger partial charge in [-0.05, 0) is 53.0 Å². The molecule has 3 heterocycles. The predicted octanol–water partition coefficient (Wildman–Crippen LogP) is 11.7. The topological polar surface area (TPSA) is 54.5 Å². The molecule has 4 unspecified atom stereocenters. The summed E-state index contributed by atoms with van der Waals surface area (Å²) in [5, 5.41) is 11.2. The maximum Gasteiger partial charge on any atom is 0.139 e. The molecule has 3 aliphatic rings. The van der Waals surface area contributed by atoms with Gasteiger partial charge < -0.3 is 14.3 Å². The van der Waals surface area contributed by atoms with Gasteiger partial charge in [0, 0.05) is 50.7 Å². The SMILES string of the molecule is C1=CC(c2ccccc2)CC=C1C1=CC(n2c3ccccc3c3ccc(C4N=C(c5ccccc5)NC(c5ccccc5)N4)cc32)Cc2c1oc1ccccc21. The highest BCUT2D eigenvalue weighted by molar-refractivity contribution is 6.09. The Bertz CT molecular complexity index is 2880. The second kappa shape index (κ2) is 13.6. The lowest BCUT2D eigenvalue weighted by Gasteiger charge is -2.32. The number of nitrogens with zero attached hydrogens (tertiary/aromatic N) is 2. The molecule has 4 atom stereocenters. The maximum absolute atomic E-state index is 6.72. The van der Waals surface area contributed by atoms with E-state index in [0.717, 1.165) is 41.1 Å². The van der Waals surface area contributed by atoms with Gasteiger partial charge in [-0.1, -0.05) is 158 Å². The van der Waals surface area contributed by atoms with E-state index in [-0.39, 0.29) is 18.4 Å². The number of furan rings is 1. The molecule has 2 aromatic heterocycles. The average molecular weight is 725 g/mol. The van der Waals surface area contributed by atoms with Crippen molar-refractivity contribution in [2.24, 2.45) is 4.99 Å². The summed E-state index contributed by atoms with van der Waals surface area (Å²) in [7, 11) is 0. The van der Waals surface area contributed by atoms with Crippen molar-refractivity contribution < 1.29 is 4.42 Å². The zero-order chi connectivity index (χ0) is 37.0. The molecule has 6 aromatic carbocycles. The fourth-order valence-electron chi connectivity index (χ4n) is 9.05. The van der Waals surface area contributed by atoms with Crippen LogP contribution in [0.1, 0.15) is 64.3 Å². The van der Waals surface area contributed by atoms with Gasteiger partial charge in [0.1, 0.15) is 29.5 Å². The van der Waals surface area contributed by atoms with Gasteiger partial charge in [0.15, 0.2) is 0 Å². The van der Waals surface area contributed by atoms with E-state index in [0.29, 0.717) is 5.92 Å². The molecule has 5 nitrogen and oxygen atoms in total. The molecule has 0 saturated carbocycles. The highest BCUT2D eigenvalue weighted by atomic mass is 16.3. The molecule has 8 aromatic rings. The first-order valence-electron chi connectivity index (χ1n) is 19.6. The fourth-order valence-corrected chi connectivity index (χ4v) is 9.05. The minimum Gasteiger partial charge on any atom is -0.456 e. The van der Waals surface area contributed by atoms with Crippen molar-refractivity contribution in [2.75, 3.05) is 0 Å². The molecular weight excluding hydrogens is 685 g/mol. The van der Waals surface area contributed by atoms with E-state index in [4.69, 9.17) is 9.41 Å². The Morgan fingerprint density at radius 1 is 0.643 bits per heavy atom. The third kappa shape index (κ3) is 5.62. The number of rotatable bonds is 6. The van der Waals surface area contributed by atoms with E-state index in [1.165, 1.54) is 55.0 Å². The molecule has 0 fully saturated rings. The van der Waals surface area contributed by atoms with Crippen LogP contribution in [0.3, 0.4) is 0 Å². The number of aromatic nitrogens is 1. The van der Waals surface area contributed by atoms with Crippen molar-refractivity contribution in [3.05, 3.63) is 221 Å². The van der Waals surface area contributed by atoms with Gasteiger partial charge in [-0.25, -0.2) is 4.99 Å². The van der Waals surface area contributed by atoms with Crippen molar-refractivity contribution in [3.8, 4) is 0 Å². The molecule has 0 amide bonds. The first-order valence-corrected chi connectivity index (χ1v) is 19.6. The van der Waals surface area contributed by atoms with Crippen LogP contribution < -0.4 is 10.6 Å². The Hall–Kier alpha value is -6.69. The molecule has 0 spiro atoms. The second-order valence-electron chi connectivity index (χ2n) is 15.1. The minimum absolute atomic E-state index is 0.0544. The Balaban J connectivity index is 1.05. The molecule has 1 aliphatic heterocycles. The van der Waals surface area contributed by atoms with Crippen LogP contribution in [0.25, 0.3) is 38.3 Å². The highest BCUT2D eigenvalue weighted by Gasteiger charge is 2.31. The number of fused-ring (bicyclic) bond motifs is 6. The van der Waals surface area contributed by atoms with E-state index >= 15 is 0 Å². The van der Waals surface area contributed by atoms with Crippen molar-refractivity contribution >= 4 is 44.2 Å². The molecule has 0 saturated heterocycles. The Labute approximate surface area is 326 Å². The van der Waals surface area contributed by atoms with Crippen molar-refractivity contribution in [1.29, 1.82) is 0 Å². The van der Waals surface area contributed by atoms with Gasteiger partial charge >= 0.3 is 0 Å². The standard InChI is InChI=1S/C51H40N4O/c1-4-14-33(15-5-1)34-24-26-35(27-25-34)43-31-39(32-44-42-21-11-13-23-47(42)56-48(43)44)55-45-22-12-10-20-40(45)41-29-28-38(30-46(41)55)51-53-49(36-16-6-2-7-17-36)52-50(54-51)37-18-8-3-9-19-37/h1-24,26-31,34,39,49,51,53H,25,32H2,(H,52,54). The van der Waals surface area contributed by atoms with Crippen LogP contribution in [0.5, 0.6) is 0 Å². The third-order valence-electron chi connectivity index (χ3n) is 11.8. The number of amidine groups is 1. The zero-order valence-corrected chi connectivity index (χ0v) is 30.8. The first-order chi connectivity index (χ1) is 27.7.